The summed E-state index contributed by atoms with van der Waals surface area (Å²) in [5.74, 6) is 1.03. The van der Waals surface area contributed by atoms with Crippen molar-refractivity contribution in [3.8, 4) is 5.75 Å². The second-order valence-electron chi connectivity index (χ2n) is 3.95. The number of unbranched alkanes of at least 4 members (excludes halogenated alkanes) is 2. The monoisotopic (exact) mass is 206 g/mol. The van der Waals surface area contributed by atoms with Gasteiger partial charge in [0.05, 0.1) is 6.61 Å². The van der Waals surface area contributed by atoms with Gasteiger partial charge in [-0.1, -0.05) is 38.8 Å². The molecule has 0 aliphatic carbocycles. The highest BCUT2D eigenvalue weighted by Gasteiger charge is 1.96. The Morgan fingerprint density at radius 3 is 2.60 bits per heavy atom. The molecule has 0 unspecified atom stereocenters. The summed E-state index contributed by atoms with van der Waals surface area (Å²) in [5.41, 5.74) is 1.39. The number of aryl methyl sites for hydroxylation is 1. The predicted octanol–water partition coefficient (Wildman–Crippen LogP) is 4.21. The van der Waals surface area contributed by atoms with Crippen LogP contribution in [0.1, 0.15) is 45.1 Å². The van der Waals surface area contributed by atoms with Crippen LogP contribution < -0.4 is 4.74 Å². The van der Waals surface area contributed by atoms with Crippen molar-refractivity contribution in [1.29, 1.82) is 0 Å². The van der Waals surface area contributed by atoms with Crippen molar-refractivity contribution in [3.63, 3.8) is 0 Å². The summed E-state index contributed by atoms with van der Waals surface area (Å²) in [6.45, 7) is 5.25. The number of hydrogen-bond donors (Lipinski definition) is 0. The SMILES string of the molecule is CCCCOc1cccc(CCCC)c1. The van der Waals surface area contributed by atoms with Gasteiger partial charge >= 0.3 is 0 Å². The van der Waals surface area contributed by atoms with E-state index in [1.165, 1.54) is 31.2 Å². The number of ether oxygens (including phenoxy) is 1. The zero-order chi connectivity index (χ0) is 10.9. The van der Waals surface area contributed by atoms with Crippen molar-refractivity contribution in [3.05, 3.63) is 29.8 Å². The van der Waals surface area contributed by atoms with Gasteiger partial charge in [0.25, 0.3) is 0 Å². The molecule has 0 aliphatic rings. The van der Waals surface area contributed by atoms with E-state index < -0.39 is 0 Å². The molecular weight excluding hydrogens is 184 g/mol. The van der Waals surface area contributed by atoms with Crippen molar-refractivity contribution >= 4 is 0 Å². The lowest BCUT2D eigenvalue weighted by atomic mass is 10.1. The zero-order valence-electron chi connectivity index (χ0n) is 9.96. The molecule has 0 bridgehead atoms. The zero-order valence-corrected chi connectivity index (χ0v) is 9.96. The molecule has 0 saturated carbocycles. The standard InChI is InChI=1S/C14H22O/c1-3-5-8-13-9-7-10-14(12-13)15-11-6-4-2/h7,9-10,12H,3-6,8,11H2,1-2H3. The molecule has 0 atom stereocenters. The van der Waals surface area contributed by atoms with E-state index in [-0.39, 0.29) is 0 Å². The molecule has 0 aliphatic heterocycles. The van der Waals surface area contributed by atoms with Gasteiger partial charge in [-0.05, 0) is 37.0 Å². The Bertz CT molecular complexity index is 268. The second kappa shape index (κ2) is 7.33. The normalized spacial score (nSPS) is 10.3. The summed E-state index contributed by atoms with van der Waals surface area (Å²) in [4.78, 5) is 0. The van der Waals surface area contributed by atoms with Crippen molar-refractivity contribution in [2.45, 2.75) is 46.0 Å². The van der Waals surface area contributed by atoms with Crippen LogP contribution in [0.5, 0.6) is 5.75 Å². The lowest BCUT2D eigenvalue weighted by Gasteiger charge is -2.07. The maximum Gasteiger partial charge on any atom is 0.119 e. The molecule has 0 fully saturated rings. The Balaban J connectivity index is 2.42. The highest BCUT2D eigenvalue weighted by atomic mass is 16.5. The Hall–Kier alpha value is -0.980. The van der Waals surface area contributed by atoms with Crippen molar-refractivity contribution in [2.24, 2.45) is 0 Å². The number of hydrogen-bond acceptors (Lipinski definition) is 1. The fraction of sp³-hybridized carbons (Fsp3) is 0.571. The van der Waals surface area contributed by atoms with Gasteiger partial charge in [-0.3, -0.25) is 0 Å². The van der Waals surface area contributed by atoms with Crippen molar-refractivity contribution in [1.82, 2.24) is 0 Å². The fourth-order valence-corrected chi connectivity index (χ4v) is 1.51. The molecular formula is C14H22O. The van der Waals surface area contributed by atoms with Crippen LogP contribution in [0.2, 0.25) is 0 Å². The summed E-state index contributed by atoms with van der Waals surface area (Å²) in [6.07, 6.45) is 6.01. The van der Waals surface area contributed by atoms with E-state index in [1.54, 1.807) is 0 Å². The fourth-order valence-electron chi connectivity index (χ4n) is 1.51. The van der Waals surface area contributed by atoms with Crippen LogP contribution in [0.3, 0.4) is 0 Å². The first-order valence-corrected chi connectivity index (χ1v) is 6.08. The number of rotatable bonds is 7. The van der Waals surface area contributed by atoms with E-state index in [1.807, 2.05) is 6.07 Å². The molecule has 0 heterocycles. The van der Waals surface area contributed by atoms with E-state index in [0.29, 0.717) is 0 Å². The first kappa shape index (κ1) is 12.1. The van der Waals surface area contributed by atoms with Crippen LogP contribution in [0.15, 0.2) is 24.3 Å². The largest absolute Gasteiger partial charge is 0.494 e. The molecule has 0 radical (unpaired) electrons. The van der Waals surface area contributed by atoms with E-state index in [2.05, 4.69) is 32.0 Å². The van der Waals surface area contributed by atoms with Gasteiger partial charge in [0, 0.05) is 0 Å². The van der Waals surface area contributed by atoms with Crippen LogP contribution in [-0.4, -0.2) is 6.61 Å². The summed E-state index contributed by atoms with van der Waals surface area (Å²) in [7, 11) is 0. The minimum absolute atomic E-state index is 0.841. The van der Waals surface area contributed by atoms with Crippen molar-refractivity contribution in [2.75, 3.05) is 6.61 Å². The molecule has 0 spiro atoms. The molecule has 15 heavy (non-hydrogen) atoms. The first-order valence-electron chi connectivity index (χ1n) is 6.08. The minimum Gasteiger partial charge on any atom is -0.494 e. The Morgan fingerprint density at radius 2 is 1.87 bits per heavy atom. The van der Waals surface area contributed by atoms with Crippen LogP contribution in [0, 0.1) is 0 Å². The topological polar surface area (TPSA) is 9.23 Å². The second-order valence-corrected chi connectivity index (χ2v) is 3.95. The predicted molar refractivity (Wildman–Crippen MR) is 65.5 cm³/mol. The third kappa shape index (κ3) is 4.87. The lowest BCUT2D eigenvalue weighted by molar-refractivity contribution is 0.309. The van der Waals surface area contributed by atoms with Crippen LogP contribution >= 0.6 is 0 Å². The number of benzene rings is 1. The van der Waals surface area contributed by atoms with Gasteiger partial charge in [-0.2, -0.15) is 0 Å². The molecule has 0 N–H and O–H groups in total. The molecule has 1 aromatic rings. The van der Waals surface area contributed by atoms with Crippen LogP contribution in [0.4, 0.5) is 0 Å². The van der Waals surface area contributed by atoms with Gasteiger partial charge in [0.1, 0.15) is 5.75 Å². The third-order valence-corrected chi connectivity index (χ3v) is 2.48. The Labute approximate surface area is 93.5 Å². The third-order valence-electron chi connectivity index (χ3n) is 2.48. The molecule has 84 valence electrons. The van der Waals surface area contributed by atoms with Crippen molar-refractivity contribution < 1.29 is 4.74 Å². The maximum atomic E-state index is 5.67. The average Bonchev–Trinajstić information content (AvgIpc) is 2.27. The van der Waals surface area contributed by atoms with E-state index >= 15 is 0 Å². The highest BCUT2D eigenvalue weighted by molar-refractivity contribution is 5.28. The molecule has 0 aromatic heterocycles. The maximum absolute atomic E-state index is 5.67. The highest BCUT2D eigenvalue weighted by Crippen LogP contribution is 2.15. The van der Waals surface area contributed by atoms with Gasteiger partial charge in [0.2, 0.25) is 0 Å². The summed E-state index contributed by atoms with van der Waals surface area (Å²) in [5, 5.41) is 0. The Kier molecular flexibility index (Phi) is 5.91. The van der Waals surface area contributed by atoms with E-state index in [0.717, 1.165) is 18.8 Å². The molecule has 1 nitrogen and oxygen atoms in total. The lowest BCUT2D eigenvalue weighted by Crippen LogP contribution is -1.96. The van der Waals surface area contributed by atoms with Gasteiger partial charge in [-0.25, -0.2) is 0 Å². The van der Waals surface area contributed by atoms with Gasteiger partial charge in [-0.15, -0.1) is 0 Å². The van der Waals surface area contributed by atoms with E-state index in [4.69, 9.17) is 4.74 Å². The molecule has 0 saturated heterocycles. The molecule has 1 aromatic carbocycles. The Morgan fingerprint density at radius 1 is 1.07 bits per heavy atom. The smallest absolute Gasteiger partial charge is 0.119 e. The summed E-state index contributed by atoms with van der Waals surface area (Å²) >= 11 is 0. The minimum atomic E-state index is 0.841. The summed E-state index contributed by atoms with van der Waals surface area (Å²) in [6, 6.07) is 8.49. The van der Waals surface area contributed by atoms with Gasteiger partial charge in [0.15, 0.2) is 0 Å². The summed E-state index contributed by atoms with van der Waals surface area (Å²) < 4.78 is 5.67. The van der Waals surface area contributed by atoms with E-state index in [9.17, 15) is 0 Å². The molecule has 1 rings (SSSR count). The first-order chi connectivity index (χ1) is 7.36. The average molecular weight is 206 g/mol. The van der Waals surface area contributed by atoms with Crippen LogP contribution in [0.25, 0.3) is 0 Å². The van der Waals surface area contributed by atoms with Gasteiger partial charge < -0.3 is 4.74 Å². The molecule has 0 amide bonds. The molecule has 1 heteroatoms. The quantitative estimate of drug-likeness (QED) is 0.607. The van der Waals surface area contributed by atoms with Crippen LogP contribution in [-0.2, 0) is 6.42 Å².